The average molecular weight is 341 g/mol. The van der Waals surface area contributed by atoms with Crippen LogP contribution in [0.5, 0.6) is 0 Å². The van der Waals surface area contributed by atoms with Crippen LogP contribution in [0.2, 0.25) is 0 Å². The Balaban J connectivity index is 1.85. The number of ether oxygens (including phenoxy) is 1. The van der Waals surface area contributed by atoms with Gasteiger partial charge in [-0.2, -0.15) is 0 Å². The van der Waals surface area contributed by atoms with E-state index in [9.17, 15) is 4.79 Å². The number of hydrogen-bond acceptors (Lipinski definition) is 2. The van der Waals surface area contributed by atoms with Crippen molar-refractivity contribution in [2.45, 2.75) is 49.2 Å². The molecule has 0 spiro atoms. The highest BCUT2D eigenvalue weighted by molar-refractivity contribution is 9.10. The largest absolute Gasteiger partial charge is 0.459 e. The Labute approximate surface area is 126 Å². The molecule has 0 aromatic heterocycles. The second-order valence-electron chi connectivity index (χ2n) is 6.96. The zero-order chi connectivity index (χ0) is 14.8. The second-order valence-corrected chi connectivity index (χ2v) is 8.05. The van der Waals surface area contributed by atoms with Crippen molar-refractivity contribution in [3.63, 3.8) is 0 Å². The fourth-order valence-corrected chi connectivity index (χ4v) is 4.41. The average Bonchev–Trinajstić information content (AvgIpc) is 2.26. The van der Waals surface area contributed by atoms with E-state index in [0.717, 1.165) is 5.56 Å². The number of alkyl halides is 2. The molecular formula is C16H18BrFO2. The van der Waals surface area contributed by atoms with E-state index in [2.05, 4.69) is 15.9 Å². The minimum absolute atomic E-state index is 0.429. The summed E-state index contributed by atoms with van der Waals surface area (Å²) in [7, 11) is 0. The minimum Gasteiger partial charge on any atom is -0.459 e. The molecule has 2 bridgehead atoms. The van der Waals surface area contributed by atoms with Gasteiger partial charge in [0.2, 0.25) is 0 Å². The predicted molar refractivity (Wildman–Crippen MR) is 78.4 cm³/mol. The Bertz CT molecular complexity index is 554. The SMILES string of the molecule is CC(C)(C)OC(=O)C12CC(c3ccccc3)(C1)C2(F)Br. The van der Waals surface area contributed by atoms with Gasteiger partial charge >= 0.3 is 5.97 Å². The van der Waals surface area contributed by atoms with E-state index in [-0.39, 0.29) is 0 Å². The van der Waals surface area contributed by atoms with Crippen molar-refractivity contribution in [1.29, 1.82) is 0 Å². The maximum absolute atomic E-state index is 15.1. The molecule has 3 saturated carbocycles. The Morgan fingerprint density at radius 2 is 1.80 bits per heavy atom. The number of carbonyl (C=O) groups is 1. The molecule has 1 unspecified atom stereocenters. The van der Waals surface area contributed by atoms with E-state index in [0.29, 0.717) is 12.8 Å². The van der Waals surface area contributed by atoms with Gasteiger partial charge in [0.1, 0.15) is 11.0 Å². The minimum atomic E-state index is -1.70. The number of rotatable bonds is 2. The molecule has 4 rings (SSSR count). The summed E-state index contributed by atoms with van der Waals surface area (Å²) < 4.78 is 18.8. The number of halogens is 2. The number of hydrogen-bond donors (Lipinski definition) is 0. The third-order valence-electron chi connectivity index (χ3n) is 4.53. The maximum Gasteiger partial charge on any atom is 0.316 e. The zero-order valence-electron chi connectivity index (χ0n) is 11.9. The Kier molecular flexibility index (Phi) is 2.70. The Morgan fingerprint density at radius 1 is 1.25 bits per heavy atom. The molecule has 1 atom stereocenters. The van der Waals surface area contributed by atoms with Crippen LogP contribution in [0.4, 0.5) is 4.39 Å². The molecule has 0 aliphatic heterocycles. The van der Waals surface area contributed by atoms with Gasteiger partial charge in [0.25, 0.3) is 0 Å². The molecule has 20 heavy (non-hydrogen) atoms. The van der Waals surface area contributed by atoms with Crippen molar-refractivity contribution >= 4 is 21.9 Å². The fourth-order valence-electron chi connectivity index (χ4n) is 3.46. The van der Waals surface area contributed by atoms with E-state index in [4.69, 9.17) is 4.74 Å². The molecule has 0 saturated heterocycles. The molecule has 3 aliphatic carbocycles. The van der Waals surface area contributed by atoms with Crippen molar-refractivity contribution in [2.75, 3.05) is 0 Å². The van der Waals surface area contributed by atoms with Crippen LogP contribution < -0.4 is 0 Å². The van der Waals surface area contributed by atoms with E-state index in [1.165, 1.54) is 0 Å². The number of benzene rings is 1. The topological polar surface area (TPSA) is 26.3 Å². The summed E-state index contributed by atoms with van der Waals surface area (Å²) >= 11 is 3.17. The van der Waals surface area contributed by atoms with Crippen molar-refractivity contribution in [2.24, 2.45) is 5.41 Å². The summed E-state index contributed by atoms with van der Waals surface area (Å²) in [6.45, 7) is 5.41. The molecule has 108 valence electrons. The standard InChI is InChI=1S/C16H18BrFO2/c1-13(2,3)20-12(19)15-9-14(10-15,16(15,17)18)11-7-5-4-6-8-11/h4-8H,9-10H2,1-3H3. The third kappa shape index (κ3) is 1.51. The van der Waals surface area contributed by atoms with Crippen LogP contribution in [0.15, 0.2) is 30.3 Å². The molecule has 0 radical (unpaired) electrons. The molecule has 4 heteroatoms. The monoisotopic (exact) mass is 340 g/mol. The predicted octanol–water partition coefficient (Wildman–Crippen LogP) is 4.12. The van der Waals surface area contributed by atoms with Gasteiger partial charge in [0, 0.05) is 5.41 Å². The van der Waals surface area contributed by atoms with E-state index >= 15 is 4.39 Å². The molecule has 0 N–H and O–H groups in total. The highest BCUT2D eigenvalue weighted by Gasteiger charge is 2.89. The van der Waals surface area contributed by atoms with Crippen molar-refractivity contribution in [3.05, 3.63) is 35.9 Å². The molecular weight excluding hydrogens is 323 g/mol. The van der Waals surface area contributed by atoms with Crippen LogP contribution in [-0.4, -0.2) is 16.1 Å². The molecule has 1 aromatic rings. The summed E-state index contributed by atoms with van der Waals surface area (Å²) in [5, 5.41) is 0. The van der Waals surface area contributed by atoms with Crippen molar-refractivity contribution < 1.29 is 13.9 Å². The van der Waals surface area contributed by atoms with Crippen LogP contribution in [0.3, 0.4) is 0 Å². The van der Waals surface area contributed by atoms with Crippen molar-refractivity contribution in [1.82, 2.24) is 0 Å². The van der Waals surface area contributed by atoms with Gasteiger partial charge in [-0.25, -0.2) is 4.39 Å². The smallest absolute Gasteiger partial charge is 0.316 e. The van der Waals surface area contributed by atoms with Crippen molar-refractivity contribution in [3.8, 4) is 0 Å². The Hall–Kier alpha value is -0.900. The molecule has 2 nitrogen and oxygen atoms in total. The lowest BCUT2D eigenvalue weighted by molar-refractivity contribution is -0.260. The van der Waals surface area contributed by atoms with Crippen LogP contribution in [-0.2, 0) is 14.9 Å². The third-order valence-corrected chi connectivity index (χ3v) is 6.04. The number of esters is 1. The summed E-state index contributed by atoms with van der Waals surface area (Å²) in [5.74, 6) is -0.429. The summed E-state index contributed by atoms with van der Waals surface area (Å²) in [6, 6.07) is 9.56. The molecule has 3 aliphatic rings. The molecule has 0 amide bonds. The van der Waals surface area contributed by atoms with Crippen LogP contribution in [0, 0.1) is 5.41 Å². The van der Waals surface area contributed by atoms with Crippen LogP contribution in [0.1, 0.15) is 39.2 Å². The second kappa shape index (κ2) is 3.85. The lowest BCUT2D eigenvalue weighted by Crippen LogP contribution is -2.83. The summed E-state index contributed by atoms with van der Waals surface area (Å²) in [6.07, 6.45) is 1.03. The van der Waals surface area contributed by atoms with Gasteiger partial charge in [-0.05, 0) is 55.1 Å². The van der Waals surface area contributed by atoms with Gasteiger partial charge < -0.3 is 4.74 Å². The Morgan fingerprint density at radius 3 is 2.25 bits per heavy atom. The normalized spacial score (nSPS) is 38.6. The van der Waals surface area contributed by atoms with Crippen LogP contribution in [0.25, 0.3) is 0 Å². The lowest BCUT2D eigenvalue weighted by atomic mass is 9.32. The van der Waals surface area contributed by atoms with E-state index in [1.807, 2.05) is 30.3 Å². The van der Waals surface area contributed by atoms with E-state index in [1.54, 1.807) is 20.8 Å². The maximum atomic E-state index is 15.1. The summed E-state index contributed by atoms with van der Waals surface area (Å²) in [5.41, 5.74) is -1.23. The summed E-state index contributed by atoms with van der Waals surface area (Å²) in [4.78, 5) is 12.3. The van der Waals surface area contributed by atoms with Gasteiger partial charge in [-0.1, -0.05) is 30.3 Å². The highest BCUT2D eigenvalue weighted by Crippen LogP contribution is 2.83. The van der Waals surface area contributed by atoms with Gasteiger partial charge in [0.05, 0.1) is 0 Å². The number of carbonyl (C=O) groups excluding carboxylic acids is 1. The van der Waals surface area contributed by atoms with Gasteiger partial charge in [-0.15, -0.1) is 0 Å². The van der Waals surface area contributed by atoms with Crippen LogP contribution >= 0.6 is 15.9 Å². The first-order chi connectivity index (χ1) is 9.15. The van der Waals surface area contributed by atoms with E-state index < -0.39 is 27.0 Å². The first-order valence-corrected chi connectivity index (χ1v) is 7.61. The lowest BCUT2D eigenvalue weighted by Gasteiger charge is -2.75. The zero-order valence-corrected chi connectivity index (χ0v) is 13.5. The molecule has 3 fully saturated rings. The quantitative estimate of drug-likeness (QED) is 0.597. The fraction of sp³-hybridized carbons (Fsp3) is 0.562. The molecule has 1 aromatic carbocycles. The first-order valence-electron chi connectivity index (χ1n) is 6.82. The molecule has 0 heterocycles. The van der Waals surface area contributed by atoms with Gasteiger partial charge in [-0.3, -0.25) is 4.79 Å². The first kappa shape index (κ1) is 14.1. The highest BCUT2D eigenvalue weighted by atomic mass is 79.9. The van der Waals surface area contributed by atoms with Gasteiger partial charge in [0.15, 0.2) is 4.58 Å².